The molecule has 0 bridgehead atoms. The predicted octanol–water partition coefficient (Wildman–Crippen LogP) is 4.45. The number of nitrogens with zero attached hydrogens (tertiary/aromatic N) is 4. The number of morpholine rings is 1. The Bertz CT molecular complexity index is 915. The van der Waals surface area contributed by atoms with Gasteiger partial charge in [-0.05, 0) is 38.1 Å². The molecule has 5 nitrogen and oxygen atoms in total. The van der Waals surface area contributed by atoms with E-state index in [2.05, 4.69) is 21.8 Å². The number of thiophene rings is 1. The van der Waals surface area contributed by atoms with Crippen LogP contribution in [0.4, 0.5) is 5.82 Å². The van der Waals surface area contributed by atoms with Crippen LogP contribution in [0.2, 0.25) is 4.34 Å². The van der Waals surface area contributed by atoms with E-state index in [1.54, 1.807) is 23.7 Å². The molecule has 0 radical (unpaired) electrons. The molecular weight excluding hydrogens is 368 g/mol. The van der Waals surface area contributed by atoms with Crippen molar-refractivity contribution in [2.75, 3.05) is 24.6 Å². The quantitative estimate of drug-likeness (QED) is 0.665. The van der Waals surface area contributed by atoms with Crippen molar-refractivity contribution in [1.82, 2.24) is 15.0 Å². The van der Waals surface area contributed by atoms with Crippen molar-refractivity contribution in [3.8, 4) is 11.4 Å². The Morgan fingerprint density at radius 1 is 1.15 bits per heavy atom. The average Bonchev–Trinajstić information content (AvgIpc) is 3.11. The van der Waals surface area contributed by atoms with Crippen molar-refractivity contribution in [3.63, 3.8) is 0 Å². The number of halogens is 1. The van der Waals surface area contributed by atoms with Crippen LogP contribution in [0.15, 0.2) is 36.7 Å². The number of pyridine rings is 1. The number of hydrogen-bond acceptors (Lipinski definition) is 6. The van der Waals surface area contributed by atoms with Crippen LogP contribution < -0.4 is 4.90 Å². The molecule has 0 saturated carbocycles. The van der Waals surface area contributed by atoms with Gasteiger partial charge in [-0.15, -0.1) is 11.3 Å². The fourth-order valence-electron chi connectivity index (χ4n) is 3.07. The van der Waals surface area contributed by atoms with E-state index in [4.69, 9.17) is 21.3 Å². The molecule has 4 heterocycles. The molecule has 1 saturated heterocycles. The van der Waals surface area contributed by atoms with Crippen LogP contribution in [0, 0.1) is 13.8 Å². The zero-order valence-electron chi connectivity index (χ0n) is 14.6. The maximum absolute atomic E-state index is 6.09. The van der Waals surface area contributed by atoms with E-state index in [9.17, 15) is 0 Å². The van der Waals surface area contributed by atoms with Gasteiger partial charge in [0.25, 0.3) is 0 Å². The minimum Gasteiger partial charge on any atom is -0.369 e. The molecule has 3 aromatic heterocycles. The van der Waals surface area contributed by atoms with E-state index in [0.29, 0.717) is 6.61 Å². The maximum Gasteiger partial charge on any atom is 0.161 e. The Morgan fingerprint density at radius 2 is 1.96 bits per heavy atom. The topological polar surface area (TPSA) is 51.1 Å². The lowest BCUT2D eigenvalue weighted by atomic mass is 10.1. The molecule has 7 heteroatoms. The van der Waals surface area contributed by atoms with Crippen LogP contribution in [0.25, 0.3) is 11.4 Å². The lowest BCUT2D eigenvalue weighted by Crippen LogP contribution is -2.39. The molecular formula is C19H19ClN4OS. The van der Waals surface area contributed by atoms with Gasteiger partial charge in [0.1, 0.15) is 11.9 Å². The van der Waals surface area contributed by atoms with E-state index < -0.39 is 0 Å². The van der Waals surface area contributed by atoms with Gasteiger partial charge in [0.15, 0.2) is 5.82 Å². The second kappa shape index (κ2) is 7.31. The van der Waals surface area contributed by atoms with Gasteiger partial charge in [0.05, 0.1) is 17.5 Å². The lowest BCUT2D eigenvalue weighted by molar-refractivity contribution is 0.0418. The minimum absolute atomic E-state index is 0.0142. The normalized spacial score (nSPS) is 17.5. The first kappa shape index (κ1) is 17.4. The SMILES string of the molecule is Cc1nc(-c2ccncc2)nc(N2CCO[C@@H](c3ccc(Cl)s3)C2)c1C. The predicted molar refractivity (Wildman–Crippen MR) is 105 cm³/mol. The van der Waals surface area contributed by atoms with E-state index in [1.807, 2.05) is 31.2 Å². The second-order valence-corrected chi connectivity index (χ2v) is 8.01. The van der Waals surface area contributed by atoms with E-state index >= 15 is 0 Å². The Hall–Kier alpha value is -2.02. The number of anilines is 1. The molecule has 0 N–H and O–H groups in total. The number of ether oxygens (including phenoxy) is 1. The highest BCUT2D eigenvalue weighted by atomic mass is 35.5. The molecule has 0 aliphatic carbocycles. The number of aromatic nitrogens is 3. The summed E-state index contributed by atoms with van der Waals surface area (Å²) in [5.41, 5.74) is 3.07. The Kier molecular flexibility index (Phi) is 4.89. The summed E-state index contributed by atoms with van der Waals surface area (Å²) < 4.78 is 6.76. The van der Waals surface area contributed by atoms with Crippen molar-refractivity contribution >= 4 is 28.8 Å². The third-order valence-electron chi connectivity index (χ3n) is 4.58. The number of aryl methyl sites for hydroxylation is 1. The molecule has 0 spiro atoms. The summed E-state index contributed by atoms with van der Waals surface area (Å²) >= 11 is 7.66. The lowest BCUT2D eigenvalue weighted by Gasteiger charge is -2.34. The zero-order chi connectivity index (χ0) is 18.1. The number of rotatable bonds is 3. The molecule has 3 aromatic rings. The summed E-state index contributed by atoms with van der Waals surface area (Å²) in [6.07, 6.45) is 3.54. The van der Waals surface area contributed by atoms with Crippen molar-refractivity contribution in [3.05, 3.63) is 57.1 Å². The van der Waals surface area contributed by atoms with Gasteiger partial charge < -0.3 is 9.64 Å². The standard InChI is InChI=1S/C19H19ClN4OS/c1-12-13(2)22-18(14-5-7-21-8-6-14)23-19(12)24-9-10-25-15(11-24)16-3-4-17(20)26-16/h3-8,15H,9-11H2,1-2H3/t15-/m1/s1. The fourth-order valence-corrected chi connectivity index (χ4v) is 4.17. The average molecular weight is 387 g/mol. The molecule has 0 aromatic carbocycles. The van der Waals surface area contributed by atoms with Crippen molar-refractivity contribution in [1.29, 1.82) is 0 Å². The molecule has 1 atom stereocenters. The monoisotopic (exact) mass is 386 g/mol. The van der Waals surface area contributed by atoms with E-state index in [0.717, 1.165) is 50.8 Å². The van der Waals surface area contributed by atoms with Gasteiger partial charge in [0, 0.05) is 40.6 Å². The first-order valence-electron chi connectivity index (χ1n) is 8.49. The van der Waals surface area contributed by atoms with Crippen LogP contribution in [0.1, 0.15) is 22.2 Å². The van der Waals surface area contributed by atoms with Crippen molar-refractivity contribution in [2.45, 2.75) is 20.0 Å². The van der Waals surface area contributed by atoms with Gasteiger partial charge in [-0.1, -0.05) is 11.6 Å². The van der Waals surface area contributed by atoms with Crippen LogP contribution in [-0.4, -0.2) is 34.6 Å². The van der Waals surface area contributed by atoms with Gasteiger partial charge in [0.2, 0.25) is 0 Å². The first-order chi connectivity index (χ1) is 12.6. The summed E-state index contributed by atoms with van der Waals surface area (Å²) in [5.74, 6) is 1.70. The fraction of sp³-hybridized carbons (Fsp3) is 0.316. The third kappa shape index (κ3) is 3.45. The van der Waals surface area contributed by atoms with Crippen LogP contribution in [-0.2, 0) is 4.74 Å². The molecule has 1 fully saturated rings. The highest BCUT2D eigenvalue weighted by Gasteiger charge is 2.26. The summed E-state index contributed by atoms with van der Waals surface area (Å²) in [4.78, 5) is 17.1. The molecule has 26 heavy (non-hydrogen) atoms. The highest BCUT2D eigenvalue weighted by Crippen LogP contribution is 2.33. The second-order valence-electron chi connectivity index (χ2n) is 6.26. The maximum atomic E-state index is 6.09. The van der Waals surface area contributed by atoms with Gasteiger partial charge >= 0.3 is 0 Å². The van der Waals surface area contributed by atoms with Crippen molar-refractivity contribution in [2.24, 2.45) is 0 Å². The van der Waals surface area contributed by atoms with Crippen LogP contribution >= 0.6 is 22.9 Å². The summed E-state index contributed by atoms with van der Waals surface area (Å²) in [5, 5.41) is 0. The Labute approximate surface area is 161 Å². The molecule has 4 rings (SSSR count). The Morgan fingerprint density at radius 3 is 2.69 bits per heavy atom. The molecule has 1 aliphatic heterocycles. The molecule has 0 amide bonds. The van der Waals surface area contributed by atoms with Crippen LogP contribution in [0.3, 0.4) is 0 Å². The molecule has 134 valence electrons. The zero-order valence-corrected chi connectivity index (χ0v) is 16.2. The Balaban J connectivity index is 1.67. The van der Waals surface area contributed by atoms with Crippen molar-refractivity contribution < 1.29 is 4.74 Å². The highest BCUT2D eigenvalue weighted by molar-refractivity contribution is 7.16. The largest absolute Gasteiger partial charge is 0.369 e. The minimum atomic E-state index is 0.0142. The van der Waals surface area contributed by atoms with Gasteiger partial charge in [-0.25, -0.2) is 9.97 Å². The summed E-state index contributed by atoms with van der Waals surface area (Å²) in [6.45, 7) is 6.33. The first-order valence-corrected chi connectivity index (χ1v) is 9.68. The number of hydrogen-bond donors (Lipinski definition) is 0. The van der Waals surface area contributed by atoms with Gasteiger partial charge in [-0.3, -0.25) is 4.98 Å². The third-order valence-corrected chi connectivity index (χ3v) is 5.90. The van der Waals surface area contributed by atoms with E-state index in [-0.39, 0.29) is 6.10 Å². The van der Waals surface area contributed by atoms with Gasteiger partial charge in [-0.2, -0.15) is 0 Å². The molecule has 1 aliphatic rings. The van der Waals surface area contributed by atoms with Crippen LogP contribution in [0.5, 0.6) is 0 Å². The smallest absolute Gasteiger partial charge is 0.161 e. The van der Waals surface area contributed by atoms with E-state index in [1.165, 1.54) is 0 Å². The summed E-state index contributed by atoms with van der Waals surface area (Å²) in [6, 6.07) is 7.83. The summed E-state index contributed by atoms with van der Waals surface area (Å²) in [7, 11) is 0. The molecule has 0 unspecified atom stereocenters.